The fourth-order valence-corrected chi connectivity index (χ4v) is 0.159. The Labute approximate surface area is 68.4 Å². The summed E-state index contributed by atoms with van der Waals surface area (Å²) in [5.74, 6) is -4.09. The molecule has 0 aromatic heterocycles. The largest absolute Gasteiger partial charge is 0.481 e. The molecule has 5 heteroatoms. The number of carbonyl (C=O) groups is 2. The van der Waals surface area contributed by atoms with Gasteiger partial charge < -0.3 is 15.3 Å². The lowest BCUT2D eigenvalue weighted by Crippen LogP contribution is -2.20. The van der Waals surface area contributed by atoms with Gasteiger partial charge in [0, 0.05) is 11.9 Å². The van der Waals surface area contributed by atoms with E-state index in [2.05, 4.69) is 15.3 Å². The SMILES string of the molecule is [2H]O[13C](=O)[13C]([2H])([2H])[13C]([2H])([2H])[13C]([2H])(O[2H])[13C](=O)O[2H]. The number of aliphatic carboxylic acids is 2. The predicted molar refractivity (Wildman–Crippen MR) is 30.5 cm³/mol. The average molecular weight is 161 g/mol. The quantitative estimate of drug-likeness (QED) is 0.463. The van der Waals surface area contributed by atoms with Gasteiger partial charge in [0.05, 0.1) is 1.37 Å². The minimum atomic E-state index is -3.75. The predicted octanol–water partition coefficient (Wildman–Crippen LogP) is -0.703. The van der Waals surface area contributed by atoms with Crippen LogP contribution in [0.2, 0.25) is 0 Å². The van der Waals surface area contributed by atoms with Gasteiger partial charge in [0.15, 0.2) is 6.08 Å². The van der Waals surface area contributed by atoms with Crippen LogP contribution in [0.1, 0.15) is 19.6 Å². The molecule has 0 amide bonds. The molecule has 0 aliphatic rings. The molecule has 0 aliphatic heterocycles. The Kier molecular flexibility index (Phi) is 0.843. The standard InChI is InChI=1S/C5H8O5/c6-3(5(9)10)1-2-4(7)8/h3,6H,1-2H2,(H,7,8)(H,9,10)/i1+1D2,2+1D2,3+1D,4+1,5+1,6D/hD2. The van der Waals surface area contributed by atoms with Crippen molar-refractivity contribution in [2.24, 2.45) is 0 Å². The molecule has 10 heavy (non-hydrogen) atoms. The van der Waals surface area contributed by atoms with Gasteiger partial charge in [-0.2, -0.15) is 0 Å². The summed E-state index contributed by atoms with van der Waals surface area (Å²) in [7, 11) is 0. The van der Waals surface area contributed by atoms with Crippen molar-refractivity contribution in [3.8, 4) is 0 Å². The van der Waals surface area contributed by atoms with Gasteiger partial charge in [0.1, 0.15) is 0 Å². The molecule has 0 aliphatic carbocycles. The summed E-state index contributed by atoms with van der Waals surface area (Å²) in [4.78, 5) is 22.0. The molecule has 0 radical (unpaired) electrons. The topological polar surface area (TPSA) is 94.8 Å². The highest BCUT2D eigenvalue weighted by molar-refractivity contribution is 5.73. The second kappa shape index (κ2) is 3.84. The summed E-state index contributed by atoms with van der Waals surface area (Å²) >= 11 is 0. The highest BCUT2D eigenvalue weighted by Crippen LogP contribution is 1.95. The first-order chi connectivity index (χ1) is 8.02. The molecule has 0 bridgehead atoms. The van der Waals surface area contributed by atoms with Gasteiger partial charge in [-0.25, -0.2) is 4.79 Å². The number of aliphatic hydroxyl groups is 1. The van der Waals surface area contributed by atoms with Crippen molar-refractivity contribution >= 4 is 11.9 Å². The van der Waals surface area contributed by atoms with Crippen LogP contribution < -0.4 is 0 Å². The van der Waals surface area contributed by atoms with Crippen LogP contribution in [0, 0.1) is 0 Å². The third-order valence-corrected chi connectivity index (χ3v) is 0.463. The molecule has 0 aromatic rings. The van der Waals surface area contributed by atoms with Crippen molar-refractivity contribution in [2.45, 2.75) is 18.8 Å². The minimum Gasteiger partial charge on any atom is -0.481 e. The second-order valence-electron chi connectivity index (χ2n) is 1.15. The number of hydrogen-bond donors (Lipinski definition) is 3. The van der Waals surface area contributed by atoms with Crippen LogP contribution in [0.15, 0.2) is 0 Å². The number of carboxylic acids is 2. The zero-order valence-corrected chi connectivity index (χ0v) is 4.54. The van der Waals surface area contributed by atoms with E-state index in [1.54, 1.807) is 0 Å². The molecule has 1 atom stereocenters. The summed E-state index contributed by atoms with van der Waals surface area (Å²) in [5.41, 5.74) is 0. The van der Waals surface area contributed by atoms with E-state index in [0.717, 1.165) is 0 Å². The van der Waals surface area contributed by atoms with Crippen molar-refractivity contribution < 1.29 is 31.8 Å². The van der Waals surface area contributed by atoms with E-state index in [1.807, 2.05) is 0 Å². The molecular formula is C5H8O5. The molecular weight excluding hydrogens is 145 g/mol. The molecule has 0 rings (SSSR count). The zero-order chi connectivity index (χ0) is 14.8. The Hall–Kier alpha value is -1.10. The van der Waals surface area contributed by atoms with Gasteiger partial charge in [0.2, 0.25) is 1.43 Å². The lowest BCUT2D eigenvalue weighted by atomic mass is 11.2. The van der Waals surface area contributed by atoms with Crippen LogP contribution in [0.4, 0.5) is 0 Å². The van der Waals surface area contributed by atoms with Crippen molar-refractivity contribution in [2.75, 3.05) is 0 Å². The molecule has 0 saturated heterocycles. The maximum Gasteiger partial charge on any atom is 0.332 e. The molecule has 0 heterocycles. The average Bonchev–Trinajstić information content (AvgIpc) is 2.34. The van der Waals surface area contributed by atoms with Gasteiger partial charge in [-0.05, 0) is 6.37 Å². The molecule has 0 saturated carbocycles. The smallest absolute Gasteiger partial charge is 0.332 e. The summed E-state index contributed by atoms with van der Waals surface area (Å²) in [6.07, 6.45) is -11.1. The van der Waals surface area contributed by atoms with E-state index >= 15 is 0 Å². The molecule has 3 N–H and O–H groups in total. The van der Waals surface area contributed by atoms with Crippen LogP contribution in [-0.4, -0.2) is 34.8 Å². The number of rotatable bonds is 5. The fraction of sp³-hybridized carbons (Fsp3) is 0.600. The Morgan fingerprint density at radius 2 is 2.50 bits per heavy atom. The van der Waals surface area contributed by atoms with E-state index < -0.39 is 30.8 Å². The molecule has 5 nitrogen and oxygen atoms in total. The van der Waals surface area contributed by atoms with Crippen LogP contribution in [0.25, 0.3) is 2.86 Å². The van der Waals surface area contributed by atoms with Crippen LogP contribution in [0.5, 0.6) is 0 Å². The summed E-state index contributed by atoms with van der Waals surface area (Å²) in [5, 5.41) is 10.00. The lowest BCUT2D eigenvalue weighted by molar-refractivity contribution is -0.147. The Balaban J connectivity index is 5.73. The summed E-state index contributed by atoms with van der Waals surface area (Å²) in [6, 6.07) is 0. The third-order valence-electron chi connectivity index (χ3n) is 0.463. The highest BCUT2D eigenvalue weighted by Gasteiger charge is 2.13. The Morgan fingerprint density at radius 1 is 1.70 bits per heavy atom. The van der Waals surface area contributed by atoms with E-state index in [9.17, 15) is 9.59 Å². The Morgan fingerprint density at radius 3 is 3.00 bits per heavy atom. The third kappa shape index (κ3) is 3.85. The summed E-state index contributed by atoms with van der Waals surface area (Å²) < 4.78 is 54.8. The molecule has 1 unspecified atom stereocenters. The van der Waals surface area contributed by atoms with Crippen molar-refractivity contribution in [3.05, 3.63) is 0 Å². The van der Waals surface area contributed by atoms with Gasteiger partial charge in [-0.1, -0.05) is 0 Å². The number of hydrogen-bond acceptors (Lipinski definition) is 5. The molecule has 58 valence electrons. The number of carboxylic acid groups (broad SMARTS) is 2. The van der Waals surface area contributed by atoms with E-state index in [-0.39, 0.29) is 0 Å². The lowest BCUT2D eigenvalue weighted by Gasteiger charge is -2.00. The second-order valence-corrected chi connectivity index (χ2v) is 1.15. The van der Waals surface area contributed by atoms with Crippen LogP contribution >= 0.6 is 0 Å². The van der Waals surface area contributed by atoms with E-state index in [4.69, 9.17) is 11.1 Å². The van der Waals surface area contributed by atoms with Gasteiger partial charge in [-0.15, -0.1) is 0 Å². The minimum absolute atomic E-state index is 2.04. The molecule has 0 aromatic carbocycles. The monoisotopic (exact) mass is 161 g/mol. The maximum absolute atomic E-state index is 11.0. The summed E-state index contributed by atoms with van der Waals surface area (Å²) in [6.45, 7) is 0. The first-order valence-electron chi connectivity index (χ1n) is 5.75. The van der Waals surface area contributed by atoms with Crippen LogP contribution in [0.3, 0.4) is 0 Å². The first kappa shape index (κ1) is 2.20. The first-order valence-corrected chi connectivity index (χ1v) is 2.02. The van der Waals surface area contributed by atoms with Crippen molar-refractivity contribution in [1.82, 2.24) is 0 Å². The van der Waals surface area contributed by atoms with Crippen molar-refractivity contribution in [3.63, 3.8) is 0 Å². The fourth-order valence-electron chi connectivity index (χ4n) is 0.159. The zero-order valence-electron chi connectivity index (χ0n) is 12.5. The normalized spacial score (nSPS) is 29.2. The van der Waals surface area contributed by atoms with Gasteiger partial charge >= 0.3 is 11.9 Å². The van der Waals surface area contributed by atoms with Gasteiger partial charge in [0.25, 0.3) is 2.86 Å². The Bertz CT molecular complexity index is 345. The highest BCUT2D eigenvalue weighted by atomic mass is 16.5. The van der Waals surface area contributed by atoms with Crippen LogP contribution in [-0.2, 0) is 9.59 Å². The van der Waals surface area contributed by atoms with E-state index in [1.165, 1.54) is 0 Å². The maximum atomic E-state index is 11.0. The molecule has 0 fully saturated rings. The van der Waals surface area contributed by atoms with Crippen molar-refractivity contribution in [1.29, 1.82) is 4.29 Å². The van der Waals surface area contributed by atoms with Gasteiger partial charge in [-0.3, -0.25) is 4.79 Å². The molecule has 0 spiro atoms. The van der Waals surface area contributed by atoms with E-state index in [0.29, 0.717) is 0 Å².